The molecule has 0 radical (unpaired) electrons. The summed E-state index contributed by atoms with van der Waals surface area (Å²) in [7, 11) is 1.87. The lowest BCUT2D eigenvalue weighted by atomic mass is 10.1. The van der Waals surface area contributed by atoms with E-state index in [1.54, 1.807) is 0 Å². The van der Waals surface area contributed by atoms with Crippen LogP contribution in [0.25, 0.3) is 0 Å². The minimum atomic E-state index is 0.157. The summed E-state index contributed by atoms with van der Waals surface area (Å²) in [6.07, 6.45) is 2.69. The van der Waals surface area contributed by atoms with Gasteiger partial charge in [0.1, 0.15) is 0 Å². The number of benzene rings is 1. The molecule has 1 aromatic carbocycles. The molecule has 108 valence electrons. The Morgan fingerprint density at radius 1 is 1.20 bits per heavy atom. The van der Waals surface area contributed by atoms with Gasteiger partial charge in [-0.15, -0.1) is 0 Å². The normalized spacial score (nSPS) is 20.0. The van der Waals surface area contributed by atoms with Crippen molar-refractivity contribution in [3.8, 4) is 0 Å². The van der Waals surface area contributed by atoms with Gasteiger partial charge in [0.05, 0.1) is 5.56 Å². The Bertz CT molecular complexity index is 502. The second kappa shape index (κ2) is 5.44. The van der Waals surface area contributed by atoms with E-state index in [1.807, 2.05) is 37.1 Å². The monoisotopic (exact) mass is 273 g/mol. The van der Waals surface area contributed by atoms with E-state index in [4.69, 9.17) is 0 Å². The summed E-state index contributed by atoms with van der Waals surface area (Å²) >= 11 is 0. The zero-order valence-electron chi connectivity index (χ0n) is 12.4. The van der Waals surface area contributed by atoms with E-state index >= 15 is 0 Å². The average molecular weight is 273 g/mol. The van der Waals surface area contributed by atoms with Crippen LogP contribution in [0.15, 0.2) is 18.2 Å². The van der Waals surface area contributed by atoms with Crippen LogP contribution in [-0.4, -0.2) is 55.0 Å². The fraction of sp³-hybridized carbons (Fsp3) is 0.562. The molecular weight excluding hydrogens is 250 g/mol. The topological polar surface area (TPSA) is 35.6 Å². The van der Waals surface area contributed by atoms with E-state index in [2.05, 4.69) is 10.2 Å². The highest BCUT2D eigenvalue weighted by atomic mass is 16.2. The molecule has 4 nitrogen and oxygen atoms in total. The standard InChI is InChI=1S/C16H23N3O/c1-12-3-6-14(15(11-12)17-2)16(20)19-9-7-18(8-10-19)13-4-5-13/h3,6,11,13,17H,4-5,7-10H2,1-2H3. The molecule has 0 spiro atoms. The fourth-order valence-electron chi connectivity index (χ4n) is 2.95. The molecule has 3 rings (SSSR count). The maximum atomic E-state index is 12.7. The largest absolute Gasteiger partial charge is 0.387 e. The molecule has 2 aliphatic rings. The average Bonchev–Trinajstić information content (AvgIpc) is 3.31. The molecule has 20 heavy (non-hydrogen) atoms. The highest BCUT2D eigenvalue weighted by Crippen LogP contribution is 2.28. The van der Waals surface area contributed by atoms with Crippen LogP contribution < -0.4 is 5.32 Å². The van der Waals surface area contributed by atoms with Crippen molar-refractivity contribution in [3.63, 3.8) is 0 Å². The summed E-state index contributed by atoms with van der Waals surface area (Å²) in [6.45, 7) is 5.80. The predicted octanol–water partition coefficient (Wildman–Crippen LogP) is 1.96. The maximum Gasteiger partial charge on any atom is 0.256 e. The number of aryl methyl sites for hydroxylation is 1. The number of rotatable bonds is 3. The lowest BCUT2D eigenvalue weighted by molar-refractivity contribution is 0.0628. The number of nitrogens with one attached hydrogen (secondary N) is 1. The summed E-state index contributed by atoms with van der Waals surface area (Å²) in [5, 5.41) is 3.14. The van der Waals surface area contributed by atoms with Gasteiger partial charge in [0.2, 0.25) is 0 Å². The van der Waals surface area contributed by atoms with Crippen molar-refractivity contribution in [1.29, 1.82) is 0 Å². The summed E-state index contributed by atoms with van der Waals surface area (Å²) in [5.41, 5.74) is 2.89. The fourth-order valence-corrected chi connectivity index (χ4v) is 2.95. The lowest BCUT2D eigenvalue weighted by Gasteiger charge is -2.35. The van der Waals surface area contributed by atoms with Crippen molar-refractivity contribution in [2.24, 2.45) is 0 Å². The number of nitrogens with zero attached hydrogens (tertiary/aromatic N) is 2. The summed E-state index contributed by atoms with van der Waals surface area (Å²) in [6, 6.07) is 6.79. The quantitative estimate of drug-likeness (QED) is 0.914. The van der Waals surface area contributed by atoms with E-state index < -0.39 is 0 Å². The SMILES string of the molecule is CNc1cc(C)ccc1C(=O)N1CCN(C2CC2)CC1. The van der Waals surface area contributed by atoms with Gasteiger partial charge in [0, 0.05) is 45.0 Å². The van der Waals surface area contributed by atoms with E-state index in [1.165, 1.54) is 18.4 Å². The molecule has 0 unspecified atom stereocenters. The molecule has 1 aliphatic carbocycles. The van der Waals surface area contributed by atoms with Gasteiger partial charge in [0.25, 0.3) is 5.91 Å². The molecule has 4 heteroatoms. The molecule has 0 bridgehead atoms. The molecule has 1 N–H and O–H groups in total. The van der Waals surface area contributed by atoms with Crippen LogP contribution in [0.2, 0.25) is 0 Å². The van der Waals surface area contributed by atoms with E-state index in [9.17, 15) is 4.79 Å². The molecular formula is C16H23N3O. The highest BCUT2D eigenvalue weighted by Gasteiger charge is 2.32. The second-order valence-corrected chi connectivity index (χ2v) is 5.86. The Balaban J connectivity index is 1.69. The van der Waals surface area contributed by atoms with Gasteiger partial charge in [-0.3, -0.25) is 9.69 Å². The Morgan fingerprint density at radius 3 is 2.50 bits per heavy atom. The minimum absolute atomic E-state index is 0.157. The van der Waals surface area contributed by atoms with Gasteiger partial charge in [-0.2, -0.15) is 0 Å². The van der Waals surface area contributed by atoms with Crippen LogP contribution in [0, 0.1) is 6.92 Å². The molecule has 0 aromatic heterocycles. The Labute approximate surface area is 120 Å². The highest BCUT2D eigenvalue weighted by molar-refractivity contribution is 5.99. The van der Waals surface area contributed by atoms with Crippen LogP contribution >= 0.6 is 0 Å². The van der Waals surface area contributed by atoms with Crippen LogP contribution in [0.3, 0.4) is 0 Å². The third-order valence-electron chi connectivity index (χ3n) is 4.34. The van der Waals surface area contributed by atoms with Gasteiger partial charge >= 0.3 is 0 Å². The smallest absolute Gasteiger partial charge is 0.256 e. The van der Waals surface area contributed by atoms with Gasteiger partial charge < -0.3 is 10.2 Å². The van der Waals surface area contributed by atoms with Crippen molar-refractivity contribution in [2.75, 3.05) is 38.5 Å². The summed E-state index contributed by atoms with van der Waals surface area (Å²) in [4.78, 5) is 17.2. The zero-order chi connectivity index (χ0) is 14.1. The summed E-state index contributed by atoms with van der Waals surface area (Å²) in [5.74, 6) is 0.157. The number of hydrogen-bond donors (Lipinski definition) is 1. The summed E-state index contributed by atoms with van der Waals surface area (Å²) < 4.78 is 0. The molecule has 1 aromatic rings. The third-order valence-corrected chi connectivity index (χ3v) is 4.34. The number of anilines is 1. The third kappa shape index (κ3) is 2.66. The number of carbonyl (C=O) groups excluding carboxylic acids is 1. The van der Waals surface area contributed by atoms with Gasteiger partial charge in [-0.1, -0.05) is 6.07 Å². The van der Waals surface area contributed by atoms with E-state index in [0.717, 1.165) is 43.5 Å². The second-order valence-electron chi connectivity index (χ2n) is 5.86. The lowest BCUT2D eigenvalue weighted by Crippen LogP contribution is -2.49. The van der Waals surface area contributed by atoms with Crippen LogP contribution in [0.5, 0.6) is 0 Å². The molecule has 0 atom stereocenters. The first kappa shape index (κ1) is 13.4. The van der Waals surface area contributed by atoms with Crippen molar-refractivity contribution >= 4 is 11.6 Å². The predicted molar refractivity (Wildman–Crippen MR) is 81.2 cm³/mol. The molecule has 1 saturated carbocycles. The number of amides is 1. The Kier molecular flexibility index (Phi) is 3.66. The van der Waals surface area contributed by atoms with Gasteiger partial charge in [-0.25, -0.2) is 0 Å². The molecule has 1 heterocycles. The maximum absolute atomic E-state index is 12.7. The van der Waals surface area contributed by atoms with Gasteiger partial charge in [0.15, 0.2) is 0 Å². The number of hydrogen-bond acceptors (Lipinski definition) is 3. The zero-order valence-corrected chi connectivity index (χ0v) is 12.4. The van der Waals surface area contributed by atoms with Crippen molar-refractivity contribution < 1.29 is 4.79 Å². The van der Waals surface area contributed by atoms with Crippen molar-refractivity contribution in [3.05, 3.63) is 29.3 Å². The Hall–Kier alpha value is -1.55. The van der Waals surface area contributed by atoms with Crippen LogP contribution in [0.1, 0.15) is 28.8 Å². The van der Waals surface area contributed by atoms with E-state index in [0.29, 0.717) is 0 Å². The van der Waals surface area contributed by atoms with Gasteiger partial charge in [-0.05, 0) is 37.5 Å². The van der Waals surface area contributed by atoms with Crippen molar-refractivity contribution in [1.82, 2.24) is 9.80 Å². The van der Waals surface area contributed by atoms with Crippen molar-refractivity contribution in [2.45, 2.75) is 25.8 Å². The first-order valence-electron chi connectivity index (χ1n) is 7.51. The first-order chi connectivity index (χ1) is 9.69. The molecule has 1 saturated heterocycles. The number of carbonyl (C=O) groups is 1. The minimum Gasteiger partial charge on any atom is -0.387 e. The van der Waals surface area contributed by atoms with Crippen LogP contribution in [0.4, 0.5) is 5.69 Å². The first-order valence-corrected chi connectivity index (χ1v) is 7.51. The Morgan fingerprint density at radius 2 is 1.90 bits per heavy atom. The van der Waals surface area contributed by atoms with Crippen LogP contribution in [-0.2, 0) is 0 Å². The molecule has 1 aliphatic heterocycles. The number of piperazine rings is 1. The molecule has 1 amide bonds. The van der Waals surface area contributed by atoms with E-state index in [-0.39, 0.29) is 5.91 Å². The molecule has 2 fully saturated rings.